The lowest BCUT2D eigenvalue weighted by molar-refractivity contribution is -0.123. The minimum absolute atomic E-state index is 0.0377. The fourth-order valence-corrected chi connectivity index (χ4v) is 2.23. The molecule has 0 spiro atoms. The number of carbonyl (C=O) groups is 1. The maximum atomic E-state index is 11.9. The summed E-state index contributed by atoms with van der Waals surface area (Å²) < 4.78 is 5.72. The van der Waals surface area contributed by atoms with E-state index in [4.69, 9.17) is 4.74 Å². The van der Waals surface area contributed by atoms with Crippen LogP contribution in [-0.2, 0) is 11.3 Å². The maximum Gasteiger partial charge on any atom is 0.258 e. The van der Waals surface area contributed by atoms with Gasteiger partial charge in [0.25, 0.3) is 5.91 Å². The van der Waals surface area contributed by atoms with Crippen molar-refractivity contribution in [2.45, 2.75) is 33.2 Å². The highest BCUT2D eigenvalue weighted by atomic mass is 16.5. The molecule has 0 aliphatic rings. The van der Waals surface area contributed by atoms with Crippen LogP contribution in [0.4, 0.5) is 0 Å². The molecule has 0 heterocycles. The van der Waals surface area contributed by atoms with E-state index in [9.17, 15) is 4.79 Å². The SMILES string of the molecule is Cc1ccc(C(C)C)c(OCC(=O)NCc2ccccc2)c1. The van der Waals surface area contributed by atoms with E-state index in [1.54, 1.807) is 0 Å². The number of benzene rings is 2. The van der Waals surface area contributed by atoms with E-state index in [0.717, 1.165) is 22.4 Å². The van der Waals surface area contributed by atoms with E-state index < -0.39 is 0 Å². The van der Waals surface area contributed by atoms with Crippen molar-refractivity contribution in [3.8, 4) is 5.75 Å². The summed E-state index contributed by atoms with van der Waals surface area (Å²) in [7, 11) is 0. The molecule has 0 aliphatic carbocycles. The number of amides is 1. The van der Waals surface area contributed by atoms with Crippen molar-refractivity contribution in [3.05, 3.63) is 65.2 Å². The monoisotopic (exact) mass is 297 g/mol. The molecule has 1 N–H and O–H groups in total. The lowest BCUT2D eigenvalue weighted by atomic mass is 10.0. The zero-order valence-corrected chi connectivity index (χ0v) is 13.4. The average molecular weight is 297 g/mol. The van der Waals surface area contributed by atoms with Gasteiger partial charge in [-0.1, -0.05) is 56.3 Å². The first-order chi connectivity index (χ1) is 10.6. The third-order valence-corrected chi connectivity index (χ3v) is 3.48. The van der Waals surface area contributed by atoms with Crippen molar-refractivity contribution in [2.24, 2.45) is 0 Å². The molecule has 3 heteroatoms. The molecular formula is C19H23NO2. The Hall–Kier alpha value is -2.29. The highest BCUT2D eigenvalue weighted by Gasteiger charge is 2.10. The van der Waals surface area contributed by atoms with Crippen molar-refractivity contribution in [1.29, 1.82) is 0 Å². The molecule has 0 unspecified atom stereocenters. The second-order valence-corrected chi connectivity index (χ2v) is 5.75. The fraction of sp³-hybridized carbons (Fsp3) is 0.316. The van der Waals surface area contributed by atoms with Gasteiger partial charge in [0, 0.05) is 6.54 Å². The first kappa shape index (κ1) is 16.1. The van der Waals surface area contributed by atoms with Crippen molar-refractivity contribution >= 4 is 5.91 Å². The molecular weight excluding hydrogens is 274 g/mol. The Morgan fingerprint density at radius 1 is 1.14 bits per heavy atom. The minimum Gasteiger partial charge on any atom is -0.483 e. The van der Waals surface area contributed by atoms with Crippen molar-refractivity contribution in [2.75, 3.05) is 6.61 Å². The van der Waals surface area contributed by atoms with Gasteiger partial charge < -0.3 is 10.1 Å². The molecule has 0 fully saturated rings. The summed E-state index contributed by atoms with van der Waals surface area (Å²) in [5, 5.41) is 2.87. The van der Waals surface area contributed by atoms with E-state index in [1.165, 1.54) is 0 Å². The molecule has 2 aromatic carbocycles. The van der Waals surface area contributed by atoms with Gasteiger partial charge >= 0.3 is 0 Å². The van der Waals surface area contributed by atoms with E-state index in [-0.39, 0.29) is 12.5 Å². The highest BCUT2D eigenvalue weighted by Crippen LogP contribution is 2.27. The molecule has 116 valence electrons. The Balaban J connectivity index is 1.90. The zero-order valence-electron chi connectivity index (χ0n) is 13.4. The second kappa shape index (κ2) is 7.64. The van der Waals surface area contributed by atoms with Gasteiger partial charge in [-0.25, -0.2) is 0 Å². The standard InChI is InChI=1S/C19H23NO2/c1-14(2)17-10-9-15(3)11-18(17)22-13-19(21)20-12-16-7-5-4-6-8-16/h4-11,14H,12-13H2,1-3H3,(H,20,21). The van der Waals surface area contributed by atoms with Crippen molar-refractivity contribution in [1.82, 2.24) is 5.32 Å². The lowest BCUT2D eigenvalue weighted by Gasteiger charge is -2.14. The second-order valence-electron chi connectivity index (χ2n) is 5.75. The molecule has 0 bridgehead atoms. The number of hydrogen-bond acceptors (Lipinski definition) is 2. The first-order valence-corrected chi connectivity index (χ1v) is 7.60. The topological polar surface area (TPSA) is 38.3 Å². The van der Waals surface area contributed by atoms with Gasteiger partial charge in [0.15, 0.2) is 6.61 Å². The Labute approximate surface area is 132 Å². The zero-order chi connectivity index (χ0) is 15.9. The number of hydrogen-bond donors (Lipinski definition) is 1. The third kappa shape index (κ3) is 4.62. The number of rotatable bonds is 6. The fourth-order valence-electron chi connectivity index (χ4n) is 2.23. The molecule has 0 aromatic heterocycles. The maximum absolute atomic E-state index is 11.9. The highest BCUT2D eigenvalue weighted by molar-refractivity contribution is 5.77. The van der Waals surface area contributed by atoms with Crippen molar-refractivity contribution in [3.63, 3.8) is 0 Å². The van der Waals surface area contributed by atoms with Gasteiger partial charge in [-0.3, -0.25) is 4.79 Å². The van der Waals surface area contributed by atoms with Crippen LogP contribution in [0.15, 0.2) is 48.5 Å². The van der Waals surface area contributed by atoms with Crippen LogP contribution in [0.5, 0.6) is 5.75 Å². The number of nitrogens with one attached hydrogen (secondary N) is 1. The predicted molar refractivity (Wildman–Crippen MR) is 89.1 cm³/mol. The molecule has 2 rings (SSSR count). The van der Waals surface area contributed by atoms with Crippen molar-refractivity contribution < 1.29 is 9.53 Å². The third-order valence-electron chi connectivity index (χ3n) is 3.48. The average Bonchev–Trinajstić information content (AvgIpc) is 2.51. The molecule has 0 atom stereocenters. The van der Waals surface area contributed by atoms with E-state index in [0.29, 0.717) is 12.5 Å². The van der Waals surface area contributed by atoms with Gasteiger partial charge in [-0.15, -0.1) is 0 Å². The molecule has 22 heavy (non-hydrogen) atoms. The Bertz CT molecular complexity index is 621. The van der Waals surface area contributed by atoms with Crippen LogP contribution >= 0.6 is 0 Å². The summed E-state index contributed by atoms with van der Waals surface area (Å²) in [5.41, 5.74) is 3.33. The molecule has 0 radical (unpaired) electrons. The van der Waals surface area contributed by atoms with Gasteiger partial charge in [0.1, 0.15) is 5.75 Å². The molecule has 0 aliphatic heterocycles. The van der Waals surface area contributed by atoms with Crippen LogP contribution in [0.25, 0.3) is 0 Å². The number of carbonyl (C=O) groups excluding carboxylic acids is 1. The van der Waals surface area contributed by atoms with E-state index in [2.05, 4.69) is 31.3 Å². The summed E-state index contributed by atoms with van der Waals surface area (Å²) in [5.74, 6) is 1.05. The molecule has 3 nitrogen and oxygen atoms in total. The summed E-state index contributed by atoms with van der Waals surface area (Å²) >= 11 is 0. The number of aryl methyl sites for hydroxylation is 1. The molecule has 0 saturated heterocycles. The van der Waals surface area contributed by atoms with E-state index >= 15 is 0 Å². The van der Waals surface area contributed by atoms with Crippen LogP contribution < -0.4 is 10.1 Å². The van der Waals surface area contributed by atoms with Gasteiger partial charge in [0.2, 0.25) is 0 Å². The summed E-state index contributed by atoms with van der Waals surface area (Å²) in [6, 6.07) is 16.0. The van der Waals surface area contributed by atoms with Gasteiger partial charge in [-0.05, 0) is 35.6 Å². The summed E-state index contributed by atoms with van der Waals surface area (Å²) in [4.78, 5) is 11.9. The van der Waals surface area contributed by atoms with Crippen LogP contribution in [0, 0.1) is 6.92 Å². The van der Waals surface area contributed by atoms with Gasteiger partial charge in [0.05, 0.1) is 0 Å². The number of ether oxygens (including phenoxy) is 1. The van der Waals surface area contributed by atoms with Crippen LogP contribution in [0.3, 0.4) is 0 Å². The summed E-state index contributed by atoms with van der Waals surface area (Å²) in [6.07, 6.45) is 0. The smallest absolute Gasteiger partial charge is 0.258 e. The van der Waals surface area contributed by atoms with E-state index in [1.807, 2.05) is 43.3 Å². The predicted octanol–water partition coefficient (Wildman–Crippen LogP) is 3.81. The Morgan fingerprint density at radius 2 is 1.86 bits per heavy atom. The molecule has 2 aromatic rings. The first-order valence-electron chi connectivity index (χ1n) is 7.60. The summed E-state index contributed by atoms with van der Waals surface area (Å²) in [6.45, 7) is 6.82. The Morgan fingerprint density at radius 3 is 2.55 bits per heavy atom. The van der Waals surface area contributed by atoms with Crippen LogP contribution in [0.2, 0.25) is 0 Å². The van der Waals surface area contributed by atoms with Crippen LogP contribution in [0.1, 0.15) is 36.5 Å². The lowest BCUT2D eigenvalue weighted by Crippen LogP contribution is -2.28. The van der Waals surface area contributed by atoms with Gasteiger partial charge in [-0.2, -0.15) is 0 Å². The molecule has 0 saturated carbocycles. The van der Waals surface area contributed by atoms with Crippen LogP contribution in [-0.4, -0.2) is 12.5 Å². The Kier molecular flexibility index (Phi) is 5.59. The minimum atomic E-state index is -0.111. The normalized spacial score (nSPS) is 10.5. The molecule has 1 amide bonds. The largest absolute Gasteiger partial charge is 0.483 e. The quantitative estimate of drug-likeness (QED) is 0.880.